The number of carbonyl (C=O) groups is 1. The van der Waals surface area contributed by atoms with Crippen LogP contribution in [-0.4, -0.2) is 31.7 Å². The number of aromatic nitrogens is 1. The largest absolute Gasteiger partial charge is 0.466 e. The third kappa shape index (κ3) is 4.59. The highest BCUT2D eigenvalue weighted by Crippen LogP contribution is 2.26. The molecule has 0 saturated heterocycles. The molecule has 6 nitrogen and oxygen atoms in total. The third-order valence-corrected chi connectivity index (χ3v) is 6.43. The van der Waals surface area contributed by atoms with Gasteiger partial charge in [0.1, 0.15) is 0 Å². The Morgan fingerprint density at radius 2 is 1.79 bits per heavy atom. The molecule has 0 bridgehead atoms. The van der Waals surface area contributed by atoms with Gasteiger partial charge < -0.3 is 9.64 Å². The second-order valence-corrected chi connectivity index (χ2v) is 8.88. The van der Waals surface area contributed by atoms with E-state index in [0.29, 0.717) is 20.6 Å². The van der Waals surface area contributed by atoms with E-state index in [1.165, 1.54) is 18.4 Å². The van der Waals surface area contributed by atoms with Gasteiger partial charge in [-0.25, -0.2) is 9.79 Å². The van der Waals surface area contributed by atoms with Gasteiger partial charge in [0.05, 0.1) is 29.0 Å². The van der Waals surface area contributed by atoms with E-state index in [1.807, 2.05) is 91.8 Å². The van der Waals surface area contributed by atoms with Gasteiger partial charge in [0.2, 0.25) is 0 Å². The quantitative estimate of drug-likeness (QED) is 0.550. The van der Waals surface area contributed by atoms with Gasteiger partial charge in [0.25, 0.3) is 5.56 Å². The van der Waals surface area contributed by atoms with E-state index in [1.54, 1.807) is 11.5 Å². The number of ether oxygens (including phenoxy) is 1. The molecule has 3 aromatic rings. The number of nitrogens with zero attached hydrogens (tertiary/aromatic N) is 3. The van der Waals surface area contributed by atoms with Crippen molar-refractivity contribution in [3.05, 3.63) is 103 Å². The molecule has 2 heterocycles. The normalized spacial score (nSPS) is 16.0. The van der Waals surface area contributed by atoms with Crippen LogP contribution in [0.3, 0.4) is 0 Å². The summed E-state index contributed by atoms with van der Waals surface area (Å²) >= 11 is 1.32. The summed E-state index contributed by atoms with van der Waals surface area (Å²) in [5, 5.41) is 0. The Morgan fingerprint density at radius 1 is 1.09 bits per heavy atom. The number of anilines is 1. The summed E-state index contributed by atoms with van der Waals surface area (Å²) in [6.45, 7) is 1.77. The Morgan fingerprint density at radius 3 is 2.42 bits per heavy atom. The van der Waals surface area contributed by atoms with E-state index in [9.17, 15) is 9.59 Å². The van der Waals surface area contributed by atoms with Crippen LogP contribution in [0.25, 0.3) is 12.2 Å². The number of hydrogen-bond donors (Lipinski definition) is 0. The first kappa shape index (κ1) is 22.5. The van der Waals surface area contributed by atoms with Gasteiger partial charge in [-0.2, -0.15) is 0 Å². The van der Waals surface area contributed by atoms with Crippen molar-refractivity contribution in [2.24, 2.45) is 4.99 Å². The number of thiazole rings is 1. The van der Waals surface area contributed by atoms with E-state index in [2.05, 4.69) is 4.99 Å². The second-order valence-electron chi connectivity index (χ2n) is 7.87. The summed E-state index contributed by atoms with van der Waals surface area (Å²) in [6.07, 6.45) is 5.62. The molecule has 0 unspecified atom stereocenters. The van der Waals surface area contributed by atoms with Gasteiger partial charge in [0, 0.05) is 19.8 Å². The molecule has 0 radical (unpaired) electrons. The van der Waals surface area contributed by atoms with Crippen LogP contribution in [0.2, 0.25) is 0 Å². The zero-order chi connectivity index (χ0) is 23.5. The van der Waals surface area contributed by atoms with Gasteiger partial charge in [-0.3, -0.25) is 9.36 Å². The van der Waals surface area contributed by atoms with Crippen molar-refractivity contribution in [3.63, 3.8) is 0 Å². The summed E-state index contributed by atoms with van der Waals surface area (Å²) in [6, 6.07) is 17.1. The highest BCUT2D eigenvalue weighted by Gasteiger charge is 2.30. The number of rotatable bonds is 5. The predicted molar refractivity (Wildman–Crippen MR) is 133 cm³/mol. The van der Waals surface area contributed by atoms with Gasteiger partial charge in [0.15, 0.2) is 4.80 Å². The lowest BCUT2D eigenvalue weighted by Crippen LogP contribution is -2.38. The van der Waals surface area contributed by atoms with Crippen LogP contribution in [0.1, 0.15) is 24.1 Å². The minimum atomic E-state index is -0.604. The molecular weight excluding hydrogens is 434 g/mol. The van der Waals surface area contributed by atoms with Crippen molar-refractivity contribution in [3.8, 4) is 0 Å². The first-order chi connectivity index (χ1) is 15.9. The molecule has 7 heteroatoms. The molecule has 1 atom stereocenters. The molecule has 0 fully saturated rings. The summed E-state index contributed by atoms with van der Waals surface area (Å²) in [4.78, 5) is 33.2. The summed E-state index contributed by atoms with van der Waals surface area (Å²) < 4.78 is 7.15. The molecular formula is C26H25N3O3S. The van der Waals surface area contributed by atoms with Crippen LogP contribution < -0.4 is 19.8 Å². The Balaban J connectivity index is 1.84. The van der Waals surface area contributed by atoms with Crippen LogP contribution in [0.5, 0.6) is 0 Å². The highest BCUT2D eigenvalue weighted by atomic mass is 32.1. The number of esters is 1. The first-order valence-electron chi connectivity index (χ1n) is 10.5. The average molecular weight is 460 g/mol. The van der Waals surface area contributed by atoms with Crippen molar-refractivity contribution in [1.29, 1.82) is 0 Å². The molecule has 33 heavy (non-hydrogen) atoms. The second kappa shape index (κ2) is 9.42. The number of fused-ring (bicyclic) bond motifs is 1. The SMILES string of the molecule is COC(=O)C1=C(C)N=c2s/c(=C\c3ccc(N(C)C)cc3)c(=O)n2[C@@H]1/C=C/c1ccccc1. The van der Waals surface area contributed by atoms with Crippen molar-refractivity contribution in [2.45, 2.75) is 13.0 Å². The topological polar surface area (TPSA) is 63.9 Å². The molecule has 0 saturated carbocycles. The molecule has 0 N–H and O–H groups in total. The molecule has 0 aliphatic carbocycles. The Bertz CT molecular complexity index is 1410. The van der Waals surface area contributed by atoms with Gasteiger partial charge in [-0.15, -0.1) is 0 Å². The summed E-state index contributed by atoms with van der Waals surface area (Å²) in [7, 11) is 5.30. The molecule has 168 valence electrons. The zero-order valence-corrected chi connectivity index (χ0v) is 19.8. The van der Waals surface area contributed by atoms with Crippen molar-refractivity contribution in [1.82, 2.24) is 4.57 Å². The predicted octanol–water partition coefficient (Wildman–Crippen LogP) is 3.14. The highest BCUT2D eigenvalue weighted by molar-refractivity contribution is 7.07. The number of carbonyl (C=O) groups excluding carboxylic acids is 1. The van der Waals surface area contributed by atoms with Crippen LogP contribution in [0.15, 0.2) is 81.7 Å². The van der Waals surface area contributed by atoms with E-state index in [0.717, 1.165) is 16.8 Å². The molecule has 0 amide bonds. The maximum Gasteiger partial charge on any atom is 0.338 e. The summed E-state index contributed by atoms with van der Waals surface area (Å²) in [5.41, 5.74) is 3.70. The van der Waals surface area contributed by atoms with Crippen molar-refractivity contribution < 1.29 is 9.53 Å². The van der Waals surface area contributed by atoms with Crippen molar-refractivity contribution in [2.75, 3.05) is 26.1 Å². The summed E-state index contributed by atoms with van der Waals surface area (Å²) in [5.74, 6) is -0.493. The van der Waals surface area contributed by atoms with E-state index < -0.39 is 12.0 Å². The van der Waals surface area contributed by atoms with Gasteiger partial charge >= 0.3 is 5.97 Å². The number of allylic oxidation sites excluding steroid dienone is 2. The minimum Gasteiger partial charge on any atom is -0.466 e. The number of benzene rings is 2. The van der Waals surface area contributed by atoms with E-state index >= 15 is 0 Å². The Kier molecular flexibility index (Phi) is 6.42. The van der Waals surface area contributed by atoms with Crippen LogP contribution in [0.4, 0.5) is 5.69 Å². The smallest absolute Gasteiger partial charge is 0.338 e. The fraction of sp³-hybridized carbons (Fsp3) is 0.192. The number of hydrogen-bond acceptors (Lipinski definition) is 6. The van der Waals surface area contributed by atoms with Gasteiger partial charge in [-0.1, -0.05) is 66.0 Å². The standard InChI is InChI=1S/C26H25N3O3S/c1-17-23(25(31)32-4)21(15-12-18-8-6-5-7-9-18)29-24(30)22(33-26(29)27-17)16-19-10-13-20(14-11-19)28(2)3/h5-16,21H,1-4H3/b15-12+,22-16-/t21-/m1/s1. The van der Waals surface area contributed by atoms with Crippen LogP contribution >= 0.6 is 11.3 Å². The zero-order valence-electron chi connectivity index (χ0n) is 19.0. The fourth-order valence-electron chi connectivity index (χ4n) is 3.70. The lowest BCUT2D eigenvalue weighted by Gasteiger charge is -2.21. The lowest BCUT2D eigenvalue weighted by molar-refractivity contribution is -0.136. The van der Waals surface area contributed by atoms with E-state index in [4.69, 9.17) is 4.74 Å². The number of methoxy groups -OCH3 is 1. The maximum atomic E-state index is 13.4. The van der Waals surface area contributed by atoms with Crippen molar-refractivity contribution >= 4 is 35.1 Å². The first-order valence-corrected chi connectivity index (χ1v) is 11.3. The van der Waals surface area contributed by atoms with Crippen LogP contribution in [-0.2, 0) is 9.53 Å². The van der Waals surface area contributed by atoms with Crippen LogP contribution in [0, 0.1) is 0 Å². The Hall–Kier alpha value is -3.71. The molecule has 4 rings (SSSR count). The fourth-order valence-corrected chi connectivity index (χ4v) is 4.76. The Labute approximate surface area is 196 Å². The molecule has 1 aliphatic heterocycles. The van der Waals surface area contributed by atoms with E-state index in [-0.39, 0.29) is 5.56 Å². The molecule has 2 aromatic carbocycles. The maximum absolute atomic E-state index is 13.4. The molecule has 1 aliphatic rings. The minimum absolute atomic E-state index is 0.188. The lowest BCUT2D eigenvalue weighted by atomic mass is 10.0. The monoisotopic (exact) mass is 459 g/mol. The molecule has 0 spiro atoms. The molecule has 1 aromatic heterocycles. The third-order valence-electron chi connectivity index (χ3n) is 5.45. The average Bonchev–Trinajstić information content (AvgIpc) is 3.12. The van der Waals surface area contributed by atoms with Gasteiger partial charge in [-0.05, 0) is 36.3 Å².